The molecule has 0 spiro atoms. The fraction of sp³-hybridized carbons (Fsp3) is 0.462. The summed E-state index contributed by atoms with van der Waals surface area (Å²) in [5.41, 5.74) is -0.500. The highest BCUT2D eigenvalue weighted by Gasteiger charge is 2.49. The zero-order chi connectivity index (χ0) is 14.8. The summed E-state index contributed by atoms with van der Waals surface area (Å²) in [5, 5.41) is 3.05. The van der Waals surface area contributed by atoms with Crippen molar-refractivity contribution >= 4 is 37.4 Å². The van der Waals surface area contributed by atoms with E-state index in [4.69, 9.17) is 4.74 Å². The molecule has 1 unspecified atom stereocenters. The van der Waals surface area contributed by atoms with E-state index in [0.29, 0.717) is 5.69 Å². The average Bonchev–Trinajstić information content (AvgIpc) is 2.66. The molecule has 0 aromatic heterocycles. The van der Waals surface area contributed by atoms with Crippen molar-refractivity contribution in [2.45, 2.75) is 18.9 Å². The van der Waals surface area contributed by atoms with Gasteiger partial charge in [0.05, 0.1) is 18.1 Å². The molecular weight excluding hydrogens is 346 g/mol. The number of esters is 1. The van der Waals surface area contributed by atoms with Crippen LogP contribution in [0.15, 0.2) is 28.7 Å². The minimum atomic E-state index is -3.22. The molecule has 2 rings (SSSR count). The van der Waals surface area contributed by atoms with Crippen LogP contribution in [0.5, 0.6) is 0 Å². The van der Waals surface area contributed by atoms with E-state index in [9.17, 15) is 13.2 Å². The molecule has 1 aromatic carbocycles. The standard InChI is InChI=1S/C13H16BrNO4S/c1-2-19-12(16)13(6-7-20(17,18)9-13)15-11-5-3-4-10(14)8-11/h3-5,8,15H,2,6-7,9H2,1H3. The van der Waals surface area contributed by atoms with Crippen LogP contribution in [0.4, 0.5) is 5.69 Å². The first-order valence-electron chi connectivity index (χ1n) is 6.28. The van der Waals surface area contributed by atoms with Crippen LogP contribution < -0.4 is 5.32 Å². The molecule has 20 heavy (non-hydrogen) atoms. The number of hydrogen-bond donors (Lipinski definition) is 1. The number of rotatable bonds is 4. The number of ether oxygens (including phenoxy) is 1. The maximum absolute atomic E-state index is 12.2. The van der Waals surface area contributed by atoms with Gasteiger partial charge in [-0.3, -0.25) is 0 Å². The minimum absolute atomic E-state index is 0.00713. The molecule has 1 aromatic rings. The van der Waals surface area contributed by atoms with Crippen molar-refractivity contribution in [1.82, 2.24) is 0 Å². The van der Waals surface area contributed by atoms with Crippen LogP contribution in [0.25, 0.3) is 0 Å². The smallest absolute Gasteiger partial charge is 0.332 e. The van der Waals surface area contributed by atoms with Crippen LogP contribution in [-0.4, -0.2) is 38.0 Å². The van der Waals surface area contributed by atoms with Gasteiger partial charge in [-0.2, -0.15) is 0 Å². The lowest BCUT2D eigenvalue weighted by molar-refractivity contribution is -0.147. The Morgan fingerprint density at radius 2 is 2.25 bits per heavy atom. The van der Waals surface area contributed by atoms with Crippen molar-refractivity contribution < 1.29 is 17.9 Å². The topological polar surface area (TPSA) is 72.5 Å². The van der Waals surface area contributed by atoms with E-state index in [1.54, 1.807) is 19.1 Å². The number of halogens is 1. The van der Waals surface area contributed by atoms with Gasteiger partial charge in [0.25, 0.3) is 0 Å². The van der Waals surface area contributed by atoms with Gasteiger partial charge in [-0.1, -0.05) is 22.0 Å². The van der Waals surface area contributed by atoms with Gasteiger partial charge in [-0.15, -0.1) is 0 Å². The molecule has 1 saturated heterocycles. The summed E-state index contributed by atoms with van der Waals surface area (Å²) < 4.78 is 29.4. The Morgan fingerprint density at radius 1 is 1.50 bits per heavy atom. The van der Waals surface area contributed by atoms with Crippen LogP contribution in [0, 0.1) is 0 Å². The van der Waals surface area contributed by atoms with Crippen LogP contribution in [0.1, 0.15) is 13.3 Å². The lowest BCUT2D eigenvalue weighted by Crippen LogP contribution is -2.48. The molecule has 110 valence electrons. The molecule has 1 aliphatic heterocycles. The van der Waals surface area contributed by atoms with E-state index in [1.165, 1.54) is 0 Å². The Balaban J connectivity index is 2.31. The number of benzene rings is 1. The van der Waals surface area contributed by atoms with Crippen molar-refractivity contribution in [3.8, 4) is 0 Å². The Morgan fingerprint density at radius 3 is 2.80 bits per heavy atom. The van der Waals surface area contributed by atoms with Gasteiger partial charge in [0, 0.05) is 10.2 Å². The first-order chi connectivity index (χ1) is 9.37. The molecule has 0 bridgehead atoms. The van der Waals surface area contributed by atoms with Gasteiger partial charge in [0.15, 0.2) is 15.4 Å². The van der Waals surface area contributed by atoms with E-state index < -0.39 is 21.3 Å². The van der Waals surface area contributed by atoms with Crippen molar-refractivity contribution in [2.75, 3.05) is 23.4 Å². The van der Waals surface area contributed by atoms with Crippen molar-refractivity contribution in [3.63, 3.8) is 0 Å². The zero-order valence-corrected chi connectivity index (χ0v) is 13.5. The number of sulfone groups is 1. The van der Waals surface area contributed by atoms with Crippen molar-refractivity contribution in [3.05, 3.63) is 28.7 Å². The quantitative estimate of drug-likeness (QED) is 0.830. The number of carbonyl (C=O) groups excluding carboxylic acids is 1. The second kappa shape index (κ2) is 5.73. The van der Waals surface area contributed by atoms with Gasteiger partial charge in [-0.05, 0) is 31.5 Å². The number of nitrogens with one attached hydrogen (secondary N) is 1. The van der Waals surface area contributed by atoms with E-state index in [1.807, 2.05) is 12.1 Å². The number of hydrogen-bond acceptors (Lipinski definition) is 5. The van der Waals surface area contributed by atoms with E-state index in [0.717, 1.165) is 4.47 Å². The minimum Gasteiger partial charge on any atom is -0.464 e. The summed E-state index contributed by atoms with van der Waals surface area (Å²) in [5.74, 6) is -0.751. The first-order valence-corrected chi connectivity index (χ1v) is 8.90. The van der Waals surface area contributed by atoms with Gasteiger partial charge >= 0.3 is 5.97 Å². The summed E-state index contributed by atoms with van der Waals surface area (Å²) in [4.78, 5) is 12.2. The van der Waals surface area contributed by atoms with E-state index in [2.05, 4.69) is 21.2 Å². The molecular formula is C13H16BrNO4S. The summed E-state index contributed by atoms with van der Waals surface area (Å²) in [6.07, 6.45) is 0.223. The molecule has 7 heteroatoms. The Hall–Kier alpha value is -1.08. The third-order valence-electron chi connectivity index (χ3n) is 3.18. The fourth-order valence-electron chi connectivity index (χ4n) is 2.27. The average molecular weight is 362 g/mol. The third-order valence-corrected chi connectivity index (χ3v) is 5.43. The first kappa shape index (κ1) is 15.3. The maximum atomic E-state index is 12.2. The number of carbonyl (C=O) groups is 1. The highest BCUT2D eigenvalue weighted by molar-refractivity contribution is 9.10. The van der Waals surface area contributed by atoms with E-state index in [-0.39, 0.29) is 24.5 Å². The molecule has 5 nitrogen and oxygen atoms in total. The summed E-state index contributed by atoms with van der Waals surface area (Å²) in [6.45, 7) is 1.93. The normalized spacial score (nSPS) is 24.3. The summed E-state index contributed by atoms with van der Waals surface area (Å²) in [7, 11) is -3.22. The van der Waals surface area contributed by atoms with Gasteiger partial charge in [0.1, 0.15) is 0 Å². The summed E-state index contributed by atoms with van der Waals surface area (Å²) in [6, 6.07) is 7.25. The fourth-order valence-corrected chi connectivity index (χ4v) is 4.56. The molecule has 1 atom stereocenters. The molecule has 0 radical (unpaired) electrons. The molecule has 1 fully saturated rings. The SMILES string of the molecule is CCOC(=O)C1(Nc2cccc(Br)c2)CCS(=O)(=O)C1. The highest BCUT2D eigenvalue weighted by Crippen LogP contribution is 2.30. The Kier molecular flexibility index (Phi) is 4.39. The van der Waals surface area contributed by atoms with Crippen molar-refractivity contribution in [1.29, 1.82) is 0 Å². The third kappa shape index (κ3) is 3.32. The molecule has 0 aliphatic carbocycles. The lowest BCUT2D eigenvalue weighted by atomic mass is 9.98. The second-order valence-electron chi connectivity index (χ2n) is 4.78. The van der Waals surface area contributed by atoms with Crippen LogP contribution in [0.2, 0.25) is 0 Å². The van der Waals surface area contributed by atoms with Crippen LogP contribution >= 0.6 is 15.9 Å². The monoisotopic (exact) mass is 361 g/mol. The second-order valence-corrected chi connectivity index (χ2v) is 7.88. The molecule has 1 heterocycles. The Bertz CT molecular complexity index is 617. The predicted octanol–water partition coefficient (Wildman–Crippen LogP) is 1.98. The zero-order valence-electron chi connectivity index (χ0n) is 11.1. The highest BCUT2D eigenvalue weighted by atomic mass is 79.9. The molecule has 0 amide bonds. The lowest BCUT2D eigenvalue weighted by Gasteiger charge is -2.27. The van der Waals surface area contributed by atoms with E-state index >= 15 is 0 Å². The molecule has 1 aliphatic rings. The van der Waals surface area contributed by atoms with Gasteiger partial charge in [-0.25, -0.2) is 13.2 Å². The largest absolute Gasteiger partial charge is 0.464 e. The Labute approximate surface area is 126 Å². The summed E-state index contributed by atoms with van der Waals surface area (Å²) >= 11 is 3.34. The van der Waals surface area contributed by atoms with Gasteiger partial charge < -0.3 is 10.1 Å². The predicted molar refractivity (Wildman–Crippen MR) is 80.4 cm³/mol. The molecule has 1 N–H and O–H groups in total. The van der Waals surface area contributed by atoms with Crippen LogP contribution in [0.3, 0.4) is 0 Å². The van der Waals surface area contributed by atoms with Crippen LogP contribution in [-0.2, 0) is 19.4 Å². The maximum Gasteiger partial charge on any atom is 0.332 e. The molecule has 0 saturated carbocycles. The van der Waals surface area contributed by atoms with Crippen molar-refractivity contribution in [2.24, 2.45) is 0 Å². The number of anilines is 1. The van der Waals surface area contributed by atoms with Gasteiger partial charge in [0.2, 0.25) is 0 Å².